The van der Waals surface area contributed by atoms with Gasteiger partial charge in [-0.15, -0.1) is 0 Å². The largest absolute Gasteiger partial charge is 0.355 e. The predicted molar refractivity (Wildman–Crippen MR) is 114 cm³/mol. The molecule has 4 bridgehead atoms. The van der Waals surface area contributed by atoms with Crippen LogP contribution >= 0.6 is 11.6 Å². The molecule has 1 amide bonds. The quantitative estimate of drug-likeness (QED) is 0.768. The lowest BCUT2D eigenvalue weighted by Crippen LogP contribution is -2.60. The van der Waals surface area contributed by atoms with Crippen molar-refractivity contribution in [3.05, 3.63) is 70.7 Å². The molecule has 0 spiro atoms. The number of nitrogens with one attached hydrogen (secondary N) is 2. The van der Waals surface area contributed by atoms with E-state index < -0.39 is 0 Å². The standard InChI is InChI=1S/C24H26ClN3O/c25-19-6-2-1-5-18(19)22-26-21(20-7-3-4-8-28(20)22)23(29)27-24-12-15-9-16(13-24)11-17(10-15)14-24/h1-8,15-17,22,26H,9-14H2,(H,27,29). The highest BCUT2D eigenvalue weighted by molar-refractivity contribution is 6.31. The van der Waals surface area contributed by atoms with Gasteiger partial charge in [-0.1, -0.05) is 35.9 Å². The van der Waals surface area contributed by atoms with Crippen LogP contribution in [0.1, 0.15) is 50.3 Å². The monoisotopic (exact) mass is 407 g/mol. The van der Waals surface area contributed by atoms with E-state index in [1.807, 2.05) is 48.7 Å². The zero-order valence-corrected chi connectivity index (χ0v) is 17.2. The molecule has 2 heterocycles. The minimum Gasteiger partial charge on any atom is -0.355 e. The first-order valence-corrected chi connectivity index (χ1v) is 11.2. The van der Waals surface area contributed by atoms with Crippen molar-refractivity contribution in [3.8, 4) is 0 Å². The van der Waals surface area contributed by atoms with E-state index in [0.717, 1.165) is 48.3 Å². The normalized spacial score (nSPS) is 36.4. The van der Waals surface area contributed by atoms with Crippen LogP contribution in [0.3, 0.4) is 0 Å². The molecule has 0 aromatic heterocycles. The molecule has 150 valence electrons. The number of halogens is 1. The molecular formula is C24H26ClN3O. The number of carbonyl (C=O) groups excluding carboxylic acids is 1. The Kier molecular flexibility index (Phi) is 3.89. The van der Waals surface area contributed by atoms with E-state index in [4.69, 9.17) is 11.6 Å². The maximum Gasteiger partial charge on any atom is 0.270 e. The van der Waals surface area contributed by atoms with E-state index in [2.05, 4.69) is 15.5 Å². The molecule has 2 N–H and O–H groups in total. The van der Waals surface area contributed by atoms with Crippen molar-refractivity contribution in [2.24, 2.45) is 17.8 Å². The summed E-state index contributed by atoms with van der Waals surface area (Å²) < 4.78 is 0. The molecule has 0 radical (unpaired) electrons. The zero-order valence-electron chi connectivity index (χ0n) is 16.4. The van der Waals surface area contributed by atoms with Gasteiger partial charge in [0.2, 0.25) is 0 Å². The topological polar surface area (TPSA) is 44.4 Å². The molecule has 29 heavy (non-hydrogen) atoms. The van der Waals surface area contributed by atoms with Gasteiger partial charge in [0.15, 0.2) is 0 Å². The van der Waals surface area contributed by atoms with Crippen molar-refractivity contribution in [3.63, 3.8) is 0 Å². The molecule has 4 saturated carbocycles. The van der Waals surface area contributed by atoms with Crippen LogP contribution in [-0.2, 0) is 4.79 Å². The van der Waals surface area contributed by atoms with Crippen molar-refractivity contribution in [1.82, 2.24) is 15.5 Å². The van der Waals surface area contributed by atoms with Crippen molar-refractivity contribution < 1.29 is 4.79 Å². The van der Waals surface area contributed by atoms with E-state index in [0.29, 0.717) is 10.7 Å². The second-order valence-electron chi connectivity index (χ2n) is 9.59. The Labute approximate surface area is 176 Å². The van der Waals surface area contributed by atoms with E-state index in [9.17, 15) is 4.79 Å². The van der Waals surface area contributed by atoms with Gasteiger partial charge in [0.05, 0.1) is 5.70 Å². The van der Waals surface area contributed by atoms with Gasteiger partial charge in [-0.2, -0.15) is 0 Å². The smallest absolute Gasteiger partial charge is 0.270 e. The van der Waals surface area contributed by atoms with Gasteiger partial charge in [-0.3, -0.25) is 4.79 Å². The van der Waals surface area contributed by atoms with Crippen LogP contribution < -0.4 is 10.6 Å². The van der Waals surface area contributed by atoms with Crippen LogP contribution in [0.4, 0.5) is 0 Å². The Morgan fingerprint density at radius 1 is 1.07 bits per heavy atom. The summed E-state index contributed by atoms with van der Waals surface area (Å²) in [6.07, 6.45) is 15.4. The maximum atomic E-state index is 13.5. The first-order chi connectivity index (χ1) is 14.1. The number of hydrogen-bond acceptors (Lipinski definition) is 3. The minimum absolute atomic E-state index is 0.00258. The molecule has 4 nitrogen and oxygen atoms in total. The average molecular weight is 408 g/mol. The second kappa shape index (κ2) is 6.40. The molecule has 6 aliphatic rings. The molecule has 2 aliphatic heterocycles. The number of fused-ring (bicyclic) bond motifs is 1. The summed E-state index contributed by atoms with van der Waals surface area (Å²) in [5, 5.41) is 7.69. The van der Waals surface area contributed by atoms with Crippen LogP contribution in [0, 0.1) is 17.8 Å². The maximum absolute atomic E-state index is 13.5. The molecule has 1 aromatic rings. The van der Waals surface area contributed by atoms with Gasteiger partial charge in [0.1, 0.15) is 11.9 Å². The molecule has 1 unspecified atom stereocenters. The highest BCUT2D eigenvalue weighted by Crippen LogP contribution is 2.55. The highest BCUT2D eigenvalue weighted by atomic mass is 35.5. The van der Waals surface area contributed by atoms with Crippen LogP contribution in [0.25, 0.3) is 0 Å². The summed E-state index contributed by atoms with van der Waals surface area (Å²) in [7, 11) is 0. The molecule has 7 rings (SSSR count). The van der Waals surface area contributed by atoms with Crippen LogP contribution in [0.5, 0.6) is 0 Å². The third-order valence-electron chi connectivity index (χ3n) is 7.55. The number of hydrogen-bond donors (Lipinski definition) is 2. The lowest BCUT2D eigenvalue weighted by atomic mass is 9.53. The predicted octanol–water partition coefficient (Wildman–Crippen LogP) is 4.62. The third-order valence-corrected chi connectivity index (χ3v) is 7.89. The third kappa shape index (κ3) is 2.83. The van der Waals surface area contributed by atoms with E-state index in [1.165, 1.54) is 19.3 Å². The Morgan fingerprint density at radius 2 is 1.76 bits per heavy atom. The van der Waals surface area contributed by atoms with Gasteiger partial charge in [0.25, 0.3) is 5.91 Å². The fourth-order valence-corrected chi connectivity index (χ4v) is 7.09. The number of allylic oxidation sites excluding steroid dienone is 3. The Hall–Kier alpha value is -2.20. The first kappa shape index (κ1) is 17.6. The summed E-state index contributed by atoms with van der Waals surface area (Å²) in [4.78, 5) is 15.6. The molecule has 0 saturated heterocycles. The minimum atomic E-state index is -0.169. The molecule has 5 heteroatoms. The average Bonchev–Trinajstić information content (AvgIpc) is 3.07. The van der Waals surface area contributed by atoms with Crippen LogP contribution in [0.15, 0.2) is 60.1 Å². The summed E-state index contributed by atoms with van der Waals surface area (Å²) in [5.74, 6) is 2.45. The molecule has 4 aliphatic carbocycles. The fraction of sp³-hybridized carbons (Fsp3) is 0.458. The second-order valence-corrected chi connectivity index (χ2v) is 10.00. The Morgan fingerprint density at radius 3 is 2.45 bits per heavy atom. The first-order valence-electron chi connectivity index (χ1n) is 10.8. The van der Waals surface area contributed by atoms with Crippen molar-refractivity contribution in [1.29, 1.82) is 0 Å². The fourth-order valence-electron chi connectivity index (χ4n) is 6.85. The number of carbonyl (C=O) groups is 1. The van der Waals surface area contributed by atoms with Gasteiger partial charge < -0.3 is 15.5 Å². The summed E-state index contributed by atoms with van der Waals surface area (Å²) >= 11 is 6.48. The van der Waals surface area contributed by atoms with Crippen molar-refractivity contribution >= 4 is 17.5 Å². The molecule has 1 aromatic carbocycles. The number of benzene rings is 1. The van der Waals surface area contributed by atoms with Gasteiger partial charge in [-0.05, 0) is 74.5 Å². The van der Waals surface area contributed by atoms with Gasteiger partial charge >= 0.3 is 0 Å². The number of nitrogens with zero attached hydrogens (tertiary/aromatic N) is 1. The molecule has 1 atom stereocenters. The molecule has 4 fully saturated rings. The zero-order chi connectivity index (χ0) is 19.6. The molecular weight excluding hydrogens is 382 g/mol. The number of amides is 1. The summed E-state index contributed by atoms with van der Waals surface area (Å²) in [6.45, 7) is 0. The summed E-state index contributed by atoms with van der Waals surface area (Å²) in [6, 6.07) is 7.83. The Balaban J connectivity index is 1.29. The lowest BCUT2D eigenvalue weighted by molar-refractivity contribution is -0.123. The van der Waals surface area contributed by atoms with E-state index in [1.54, 1.807) is 0 Å². The van der Waals surface area contributed by atoms with Crippen molar-refractivity contribution in [2.75, 3.05) is 0 Å². The Bertz CT molecular complexity index is 927. The SMILES string of the molecule is O=C(NC12CC3CC(CC(C3)C1)C2)C1=C2C=CC=CN2C(c2ccccc2Cl)N1. The summed E-state index contributed by atoms with van der Waals surface area (Å²) in [5.41, 5.74) is 2.55. The van der Waals surface area contributed by atoms with Gasteiger partial charge in [0, 0.05) is 22.3 Å². The van der Waals surface area contributed by atoms with Gasteiger partial charge in [-0.25, -0.2) is 0 Å². The lowest BCUT2D eigenvalue weighted by Gasteiger charge is -2.56. The van der Waals surface area contributed by atoms with E-state index >= 15 is 0 Å². The van der Waals surface area contributed by atoms with E-state index in [-0.39, 0.29) is 17.6 Å². The van der Waals surface area contributed by atoms with Crippen molar-refractivity contribution in [2.45, 2.75) is 50.2 Å². The van der Waals surface area contributed by atoms with Crippen LogP contribution in [-0.4, -0.2) is 16.3 Å². The number of rotatable bonds is 3. The highest BCUT2D eigenvalue weighted by Gasteiger charge is 2.52. The van der Waals surface area contributed by atoms with Crippen LogP contribution in [0.2, 0.25) is 5.02 Å².